The lowest BCUT2D eigenvalue weighted by Crippen LogP contribution is -2.62. The number of likely N-dealkylation sites (N-methyl/N-ethyl adjacent to an activating group) is 2. The lowest BCUT2D eigenvalue weighted by atomic mass is 10.1. The molecule has 1 rings (SSSR count). The molecule has 6 nitrogen and oxygen atoms in total. The Hall–Kier alpha value is -1.14. The summed E-state index contributed by atoms with van der Waals surface area (Å²) in [5.41, 5.74) is 0. The Morgan fingerprint density at radius 3 is 2.61 bits per heavy atom. The summed E-state index contributed by atoms with van der Waals surface area (Å²) in [6.45, 7) is 8.97. The molecule has 0 radical (unpaired) electrons. The number of nitrogens with one attached hydrogen (secondary N) is 3. The minimum atomic E-state index is -0.278. The standard InChI is InChI=1S/C12H24N4O2/c1-4-14-11(17)9(3)16-7-6-13-8-10(16)12(18)15-5-2/h9-10,13H,4-8H2,1-3H3,(H,14,17)(H,15,18). The first-order valence-corrected chi connectivity index (χ1v) is 6.63. The monoisotopic (exact) mass is 256 g/mol. The molecule has 0 aliphatic carbocycles. The van der Waals surface area contributed by atoms with Crippen LogP contribution in [0.1, 0.15) is 20.8 Å². The number of piperazine rings is 1. The second-order valence-electron chi connectivity index (χ2n) is 4.42. The molecule has 1 fully saturated rings. The normalized spacial score (nSPS) is 22.3. The van der Waals surface area contributed by atoms with Crippen molar-refractivity contribution in [2.24, 2.45) is 0 Å². The van der Waals surface area contributed by atoms with Crippen LogP contribution in [-0.2, 0) is 9.59 Å². The Balaban J connectivity index is 2.69. The average molecular weight is 256 g/mol. The molecule has 0 aromatic rings. The van der Waals surface area contributed by atoms with Gasteiger partial charge in [0.05, 0.1) is 6.04 Å². The molecule has 3 N–H and O–H groups in total. The van der Waals surface area contributed by atoms with Crippen molar-refractivity contribution in [3.05, 3.63) is 0 Å². The van der Waals surface area contributed by atoms with Crippen LogP contribution in [0.3, 0.4) is 0 Å². The summed E-state index contributed by atoms with van der Waals surface area (Å²) in [5.74, 6) is -0.0328. The third-order valence-corrected chi connectivity index (χ3v) is 3.17. The third-order valence-electron chi connectivity index (χ3n) is 3.17. The van der Waals surface area contributed by atoms with E-state index in [1.165, 1.54) is 0 Å². The number of hydrogen-bond acceptors (Lipinski definition) is 4. The highest BCUT2D eigenvalue weighted by atomic mass is 16.2. The number of rotatable bonds is 5. The largest absolute Gasteiger partial charge is 0.355 e. The summed E-state index contributed by atoms with van der Waals surface area (Å²) in [7, 11) is 0. The summed E-state index contributed by atoms with van der Waals surface area (Å²) in [4.78, 5) is 25.8. The topological polar surface area (TPSA) is 73.5 Å². The fourth-order valence-corrected chi connectivity index (χ4v) is 2.19. The van der Waals surface area contributed by atoms with Crippen molar-refractivity contribution in [1.29, 1.82) is 0 Å². The minimum Gasteiger partial charge on any atom is -0.355 e. The highest BCUT2D eigenvalue weighted by Gasteiger charge is 2.34. The van der Waals surface area contributed by atoms with E-state index in [1.54, 1.807) is 0 Å². The summed E-state index contributed by atoms with van der Waals surface area (Å²) < 4.78 is 0. The van der Waals surface area contributed by atoms with Crippen LogP contribution in [0.4, 0.5) is 0 Å². The molecule has 1 heterocycles. The van der Waals surface area contributed by atoms with E-state index in [0.717, 1.165) is 6.54 Å². The molecule has 0 bridgehead atoms. The first kappa shape index (κ1) is 14.9. The predicted molar refractivity (Wildman–Crippen MR) is 70.2 cm³/mol. The Morgan fingerprint density at radius 1 is 1.33 bits per heavy atom. The fourth-order valence-electron chi connectivity index (χ4n) is 2.19. The molecule has 0 aromatic heterocycles. The maximum Gasteiger partial charge on any atom is 0.238 e. The lowest BCUT2D eigenvalue weighted by Gasteiger charge is -2.38. The molecule has 1 saturated heterocycles. The zero-order chi connectivity index (χ0) is 13.5. The molecular weight excluding hydrogens is 232 g/mol. The molecule has 2 unspecified atom stereocenters. The molecule has 2 atom stereocenters. The number of nitrogens with zero attached hydrogens (tertiary/aromatic N) is 1. The van der Waals surface area contributed by atoms with Gasteiger partial charge in [-0.15, -0.1) is 0 Å². The van der Waals surface area contributed by atoms with Crippen LogP contribution < -0.4 is 16.0 Å². The summed E-state index contributed by atoms with van der Waals surface area (Å²) in [6, 6.07) is -0.545. The van der Waals surface area contributed by atoms with Gasteiger partial charge in [-0.3, -0.25) is 14.5 Å². The third kappa shape index (κ3) is 3.68. The van der Waals surface area contributed by atoms with Crippen LogP contribution in [0.25, 0.3) is 0 Å². The van der Waals surface area contributed by atoms with Crippen LogP contribution in [0, 0.1) is 0 Å². The number of amides is 2. The van der Waals surface area contributed by atoms with Gasteiger partial charge in [0, 0.05) is 32.7 Å². The molecule has 104 valence electrons. The van der Waals surface area contributed by atoms with E-state index in [-0.39, 0.29) is 23.9 Å². The Bertz CT molecular complexity index is 296. The Labute approximate surface area is 108 Å². The molecule has 2 amide bonds. The van der Waals surface area contributed by atoms with E-state index in [1.807, 2.05) is 25.7 Å². The van der Waals surface area contributed by atoms with Gasteiger partial charge < -0.3 is 16.0 Å². The Morgan fingerprint density at radius 2 is 2.00 bits per heavy atom. The molecule has 1 aliphatic heterocycles. The van der Waals surface area contributed by atoms with Crippen LogP contribution >= 0.6 is 0 Å². The van der Waals surface area contributed by atoms with Gasteiger partial charge in [-0.2, -0.15) is 0 Å². The first-order chi connectivity index (χ1) is 8.61. The smallest absolute Gasteiger partial charge is 0.238 e. The van der Waals surface area contributed by atoms with Crippen LogP contribution in [0.5, 0.6) is 0 Å². The number of carbonyl (C=O) groups excluding carboxylic acids is 2. The fraction of sp³-hybridized carbons (Fsp3) is 0.833. The molecule has 6 heteroatoms. The summed E-state index contributed by atoms with van der Waals surface area (Å²) in [5, 5.41) is 8.82. The first-order valence-electron chi connectivity index (χ1n) is 6.63. The summed E-state index contributed by atoms with van der Waals surface area (Å²) >= 11 is 0. The molecule has 0 spiro atoms. The SMILES string of the molecule is CCNC(=O)C(C)N1CCNCC1C(=O)NCC. The number of carbonyl (C=O) groups is 2. The average Bonchev–Trinajstić information content (AvgIpc) is 2.38. The van der Waals surface area contributed by atoms with Crippen molar-refractivity contribution in [3.8, 4) is 0 Å². The highest BCUT2D eigenvalue weighted by molar-refractivity contribution is 5.85. The summed E-state index contributed by atoms with van der Waals surface area (Å²) in [6.07, 6.45) is 0. The highest BCUT2D eigenvalue weighted by Crippen LogP contribution is 2.09. The van der Waals surface area contributed by atoms with Gasteiger partial charge in [-0.1, -0.05) is 0 Å². The van der Waals surface area contributed by atoms with Crippen LogP contribution in [0.2, 0.25) is 0 Å². The molecule has 0 aromatic carbocycles. The Kier molecular flexibility index (Phi) is 6.07. The molecule has 18 heavy (non-hydrogen) atoms. The zero-order valence-electron chi connectivity index (χ0n) is 11.5. The van der Waals surface area contributed by atoms with Crippen LogP contribution in [-0.4, -0.2) is 61.5 Å². The van der Waals surface area contributed by atoms with Crippen molar-refractivity contribution >= 4 is 11.8 Å². The minimum absolute atomic E-state index is 0.0131. The maximum atomic E-state index is 12.0. The maximum absolute atomic E-state index is 12.0. The lowest BCUT2D eigenvalue weighted by molar-refractivity contribution is -0.132. The van der Waals surface area contributed by atoms with Gasteiger partial charge >= 0.3 is 0 Å². The second kappa shape index (κ2) is 7.33. The van der Waals surface area contributed by atoms with Gasteiger partial charge in [-0.25, -0.2) is 0 Å². The van der Waals surface area contributed by atoms with Crippen LogP contribution in [0.15, 0.2) is 0 Å². The predicted octanol–water partition coefficient (Wildman–Crippen LogP) is -1.08. The van der Waals surface area contributed by atoms with Gasteiger partial charge in [0.1, 0.15) is 6.04 Å². The van der Waals surface area contributed by atoms with Crippen molar-refractivity contribution in [2.75, 3.05) is 32.7 Å². The van der Waals surface area contributed by atoms with Gasteiger partial charge in [0.15, 0.2) is 0 Å². The van der Waals surface area contributed by atoms with E-state index in [4.69, 9.17) is 0 Å². The van der Waals surface area contributed by atoms with E-state index >= 15 is 0 Å². The molecular formula is C12H24N4O2. The van der Waals surface area contributed by atoms with E-state index in [9.17, 15) is 9.59 Å². The van der Waals surface area contributed by atoms with E-state index in [0.29, 0.717) is 26.2 Å². The van der Waals surface area contributed by atoms with Gasteiger partial charge in [0.2, 0.25) is 11.8 Å². The number of hydrogen-bond donors (Lipinski definition) is 3. The van der Waals surface area contributed by atoms with Crippen molar-refractivity contribution < 1.29 is 9.59 Å². The van der Waals surface area contributed by atoms with Gasteiger partial charge in [0.25, 0.3) is 0 Å². The molecule has 0 saturated carbocycles. The van der Waals surface area contributed by atoms with Crippen molar-refractivity contribution in [1.82, 2.24) is 20.9 Å². The molecule has 1 aliphatic rings. The van der Waals surface area contributed by atoms with E-state index < -0.39 is 0 Å². The van der Waals surface area contributed by atoms with Crippen molar-refractivity contribution in [3.63, 3.8) is 0 Å². The van der Waals surface area contributed by atoms with E-state index in [2.05, 4.69) is 16.0 Å². The second-order valence-corrected chi connectivity index (χ2v) is 4.42. The van der Waals surface area contributed by atoms with Crippen molar-refractivity contribution in [2.45, 2.75) is 32.9 Å². The quantitative estimate of drug-likeness (QED) is 0.585. The zero-order valence-corrected chi connectivity index (χ0v) is 11.5. The van der Waals surface area contributed by atoms with Gasteiger partial charge in [-0.05, 0) is 20.8 Å².